The third-order valence-corrected chi connectivity index (χ3v) is 4.17. The summed E-state index contributed by atoms with van der Waals surface area (Å²) in [5.41, 5.74) is 6.33. The Bertz CT molecular complexity index is 348. The molecule has 0 aliphatic rings. The van der Waals surface area contributed by atoms with Gasteiger partial charge in [0, 0.05) is 26.0 Å². The van der Waals surface area contributed by atoms with E-state index in [1.54, 1.807) is 14.1 Å². The number of nitrogens with zero attached hydrogens (tertiary/aromatic N) is 1. The quantitative estimate of drug-likeness (QED) is 0.566. The summed E-state index contributed by atoms with van der Waals surface area (Å²) in [6.45, 7) is 0.458. The molecule has 0 bridgehead atoms. The molecule has 0 spiro atoms. The minimum Gasteiger partial charge on any atom is -0.327 e. The van der Waals surface area contributed by atoms with E-state index < -0.39 is 10.0 Å². The van der Waals surface area contributed by atoms with Crippen LogP contribution in [0.15, 0.2) is 23.8 Å². The summed E-state index contributed by atoms with van der Waals surface area (Å²) in [6, 6.07) is 0. The summed E-state index contributed by atoms with van der Waals surface area (Å²) in [7, 11) is -0.0433. The van der Waals surface area contributed by atoms with Crippen molar-refractivity contribution in [2.75, 3.05) is 31.7 Å². The van der Waals surface area contributed by atoms with Crippen LogP contribution in [0.2, 0.25) is 0 Å². The molecule has 0 aliphatic heterocycles. The summed E-state index contributed by atoms with van der Waals surface area (Å²) in [6.07, 6.45) is 6.13. The van der Waals surface area contributed by atoms with E-state index in [4.69, 9.17) is 5.73 Å². The largest absolute Gasteiger partial charge is 0.327 e. The Balaban J connectivity index is 4.45. The average molecular weight is 311 g/mol. The van der Waals surface area contributed by atoms with Gasteiger partial charge < -0.3 is 5.73 Å². The van der Waals surface area contributed by atoms with Crippen LogP contribution in [0.5, 0.6) is 0 Å². The first-order chi connectivity index (χ1) is 7.44. The molecule has 4 nitrogen and oxygen atoms in total. The first kappa shape index (κ1) is 15.8. The van der Waals surface area contributed by atoms with E-state index in [2.05, 4.69) is 15.9 Å². The molecule has 2 N–H and O–H groups in total. The summed E-state index contributed by atoms with van der Waals surface area (Å²) in [4.78, 5) is 0. The first-order valence-corrected chi connectivity index (χ1v) is 7.69. The summed E-state index contributed by atoms with van der Waals surface area (Å²) in [5, 5.41) is 0.708. The van der Waals surface area contributed by atoms with Gasteiger partial charge in [0.1, 0.15) is 0 Å². The zero-order valence-electron chi connectivity index (χ0n) is 9.69. The maximum absolute atomic E-state index is 11.6. The number of hydrogen-bond donors (Lipinski definition) is 1. The van der Waals surface area contributed by atoms with Crippen LogP contribution in [0.25, 0.3) is 0 Å². The molecule has 0 aromatic heterocycles. The Kier molecular flexibility index (Phi) is 7.91. The van der Waals surface area contributed by atoms with Crippen LogP contribution in [0, 0.1) is 0 Å². The van der Waals surface area contributed by atoms with Crippen molar-refractivity contribution in [3.8, 4) is 0 Å². The van der Waals surface area contributed by atoms with Crippen LogP contribution in [0.3, 0.4) is 0 Å². The predicted octanol–water partition coefficient (Wildman–Crippen LogP) is 1.10. The maximum atomic E-state index is 11.6. The fraction of sp³-hybridized carbons (Fsp3) is 0.600. The summed E-state index contributed by atoms with van der Waals surface area (Å²) >= 11 is 3.29. The molecular formula is C10H19BrN2O2S. The third-order valence-electron chi connectivity index (χ3n) is 2.01. The second-order valence-electron chi connectivity index (χ2n) is 3.42. The molecule has 0 radical (unpaired) electrons. The molecule has 0 heterocycles. The van der Waals surface area contributed by atoms with Crippen molar-refractivity contribution in [3.05, 3.63) is 23.8 Å². The lowest BCUT2D eigenvalue weighted by Gasteiger charge is -2.11. The summed E-state index contributed by atoms with van der Waals surface area (Å²) in [5.74, 6) is 0.119. The fourth-order valence-corrected chi connectivity index (χ4v) is 2.28. The maximum Gasteiger partial charge on any atom is 0.213 e. The van der Waals surface area contributed by atoms with Crippen molar-refractivity contribution >= 4 is 26.0 Å². The van der Waals surface area contributed by atoms with Crippen molar-refractivity contribution in [3.63, 3.8) is 0 Å². The van der Waals surface area contributed by atoms with E-state index in [1.807, 2.05) is 18.2 Å². The van der Waals surface area contributed by atoms with Gasteiger partial charge in [0.15, 0.2) is 0 Å². The topological polar surface area (TPSA) is 63.4 Å². The fourth-order valence-electron chi connectivity index (χ4n) is 1.00. The number of allylic oxidation sites excluding steroid dienone is 3. The SMILES string of the molecule is CN(C)S(=O)(=O)CCC(/C=C\CN)=C/CBr. The van der Waals surface area contributed by atoms with Gasteiger partial charge in [-0.1, -0.05) is 39.7 Å². The van der Waals surface area contributed by atoms with E-state index in [9.17, 15) is 8.42 Å². The monoisotopic (exact) mass is 310 g/mol. The number of sulfonamides is 1. The number of alkyl halides is 1. The van der Waals surface area contributed by atoms with Crippen molar-refractivity contribution in [2.24, 2.45) is 5.73 Å². The molecule has 0 saturated heterocycles. The Hall–Kier alpha value is -0.170. The van der Waals surface area contributed by atoms with Crippen molar-refractivity contribution in [2.45, 2.75) is 6.42 Å². The second kappa shape index (κ2) is 8.00. The smallest absolute Gasteiger partial charge is 0.213 e. The van der Waals surface area contributed by atoms with Crippen LogP contribution in [-0.2, 0) is 10.0 Å². The van der Waals surface area contributed by atoms with Crippen LogP contribution < -0.4 is 5.73 Å². The lowest BCUT2D eigenvalue weighted by Crippen LogP contribution is -2.25. The number of hydrogen-bond acceptors (Lipinski definition) is 3. The Labute approximate surface area is 106 Å². The zero-order valence-corrected chi connectivity index (χ0v) is 12.1. The van der Waals surface area contributed by atoms with Gasteiger partial charge in [-0.2, -0.15) is 0 Å². The lowest BCUT2D eigenvalue weighted by atomic mass is 10.2. The van der Waals surface area contributed by atoms with Gasteiger partial charge in [-0.3, -0.25) is 0 Å². The standard InChI is InChI=1S/C10H19BrN2O2S/c1-13(2)16(14,15)9-6-10(5-7-11)4-3-8-12/h3-5H,6-9,12H2,1-2H3/b4-3-,10-5+. The van der Waals surface area contributed by atoms with E-state index in [0.717, 1.165) is 5.57 Å². The highest BCUT2D eigenvalue weighted by molar-refractivity contribution is 9.09. The minimum absolute atomic E-state index is 0.119. The van der Waals surface area contributed by atoms with Gasteiger partial charge in [-0.15, -0.1) is 0 Å². The Morgan fingerprint density at radius 1 is 1.44 bits per heavy atom. The lowest BCUT2D eigenvalue weighted by molar-refractivity contribution is 0.520. The predicted molar refractivity (Wildman–Crippen MR) is 72.2 cm³/mol. The first-order valence-electron chi connectivity index (χ1n) is 4.96. The van der Waals surface area contributed by atoms with Crippen molar-refractivity contribution < 1.29 is 8.42 Å². The third kappa shape index (κ3) is 6.42. The number of halogens is 1. The average Bonchev–Trinajstić information content (AvgIpc) is 2.22. The highest BCUT2D eigenvalue weighted by atomic mass is 79.9. The van der Waals surface area contributed by atoms with Gasteiger partial charge in [0.05, 0.1) is 5.75 Å². The van der Waals surface area contributed by atoms with E-state index in [0.29, 0.717) is 18.3 Å². The van der Waals surface area contributed by atoms with Crippen molar-refractivity contribution in [1.82, 2.24) is 4.31 Å². The molecular weight excluding hydrogens is 292 g/mol. The molecule has 0 rings (SSSR count). The van der Waals surface area contributed by atoms with Crippen LogP contribution in [0.4, 0.5) is 0 Å². The second-order valence-corrected chi connectivity index (χ2v) is 6.37. The molecule has 0 aromatic rings. The Morgan fingerprint density at radius 2 is 2.06 bits per heavy atom. The molecule has 16 heavy (non-hydrogen) atoms. The van der Waals surface area contributed by atoms with Gasteiger partial charge >= 0.3 is 0 Å². The molecule has 0 aliphatic carbocycles. The molecule has 0 fully saturated rings. The van der Waals surface area contributed by atoms with Gasteiger partial charge in [-0.05, 0) is 6.42 Å². The Morgan fingerprint density at radius 3 is 2.50 bits per heavy atom. The molecule has 0 unspecified atom stereocenters. The zero-order chi connectivity index (χ0) is 12.6. The van der Waals surface area contributed by atoms with Crippen molar-refractivity contribution in [1.29, 1.82) is 0 Å². The molecule has 0 atom stereocenters. The summed E-state index contributed by atoms with van der Waals surface area (Å²) < 4.78 is 24.3. The molecule has 6 heteroatoms. The van der Waals surface area contributed by atoms with Crippen LogP contribution in [0.1, 0.15) is 6.42 Å². The number of rotatable bonds is 7. The van der Waals surface area contributed by atoms with E-state index in [-0.39, 0.29) is 5.75 Å². The van der Waals surface area contributed by atoms with Gasteiger partial charge in [0.2, 0.25) is 10.0 Å². The van der Waals surface area contributed by atoms with Gasteiger partial charge in [-0.25, -0.2) is 12.7 Å². The van der Waals surface area contributed by atoms with E-state index >= 15 is 0 Å². The van der Waals surface area contributed by atoms with E-state index in [1.165, 1.54) is 4.31 Å². The van der Waals surface area contributed by atoms with Crippen LogP contribution in [-0.4, -0.2) is 44.4 Å². The van der Waals surface area contributed by atoms with Gasteiger partial charge in [0.25, 0.3) is 0 Å². The molecule has 0 aromatic carbocycles. The highest BCUT2D eigenvalue weighted by Crippen LogP contribution is 2.08. The molecule has 0 amide bonds. The normalized spacial score (nSPS) is 13.9. The molecule has 0 saturated carbocycles. The highest BCUT2D eigenvalue weighted by Gasteiger charge is 2.13. The minimum atomic E-state index is -3.12. The number of nitrogens with two attached hydrogens (primary N) is 1. The molecule has 94 valence electrons. The van der Waals surface area contributed by atoms with Crippen LogP contribution >= 0.6 is 15.9 Å².